The first-order chi connectivity index (χ1) is 8.60. The van der Waals surface area contributed by atoms with Gasteiger partial charge >= 0.3 is 0 Å². The Hall–Kier alpha value is -0.990. The Morgan fingerprint density at radius 1 is 1.44 bits per heavy atom. The van der Waals surface area contributed by atoms with Crippen LogP contribution in [0, 0.1) is 5.92 Å². The summed E-state index contributed by atoms with van der Waals surface area (Å²) in [4.78, 5) is 0. The first-order valence-electron chi connectivity index (χ1n) is 6.34. The van der Waals surface area contributed by atoms with Crippen LogP contribution in [0.2, 0.25) is 5.02 Å². The van der Waals surface area contributed by atoms with Crippen molar-refractivity contribution in [1.82, 2.24) is 0 Å². The van der Waals surface area contributed by atoms with Crippen molar-refractivity contribution in [1.29, 1.82) is 0 Å². The Morgan fingerprint density at radius 3 is 2.67 bits per heavy atom. The number of halogens is 1. The molecule has 0 saturated heterocycles. The predicted octanol–water partition coefficient (Wildman–Crippen LogP) is 4.13. The van der Waals surface area contributed by atoms with Gasteiger partial charge in [0.15, 0.2) is 0 Å². The van der Waals surface area contributed by atoms with Crippen molar-refractivity contribution in [3.8, 4) is 5.75 Å². The SMILES string of the molecule is COc1ccc(/C(=C/CCCN)C(C)C)c(Cl)c1. The van der Waals surface area contributed by atoms with Gasteiger partial charge in [0, 0.05) is 0 Å². The molecule has 100 valence electrons. The van der Waals surface area contributed by atoms with Gasteiger partial charge in [0.1, 0.15) is 5.75 Å². The molecule has 1 aromatic rings. The van der Waals surface area contributed by atoms with Crippen LogP contribution >= 0.6 is 11.6 Å². The number of hydrogen-bond donors (Lipinski definition) is 1. The molecule has 0 fully saturated rings. The highest BCUT2D eigenvalue weighted by molar-refractivity contribution is 6.32. The van der Waals surface area contributed by atoms with Gasteiger partial charge in [-0.1, -0.05) is 31.5 Å². The zero-order valence-corrected chi connectivity index (χ0v) is 12.1. The van der Waals surface area contributed by atoms with Gasteiger partial charge in [0.25, 0.3) is 0 Å². The van der Waals surface area contributed by atoms with Gasteiger partial charge in [-0.2, -0.15) is 0 Å². The van der Waals surface area contributed by atoms with E-state index in [2.05, 4.69) is 19.9 Å². The monoisotopic (exact) mass is 267 g/mol. The number of allylic oxidation sites excluding steroid dienone is 2. The predicted molar refractivity (Wildman–Crippen MR) is 79.1 cm³/mol. The van der Waals surface area contributed by atoms with E-state index >= 15 is 0 Å². The standard InChI is InChI=1S/C15H22ClNO/c1-11(2)13(6-4-5-9-17)14-8-7-12(18-3)10-15(14)16/h6-8,10-11H,4-5,9,17H2,1-3H3/b13-6+. The Labute approximate surface area is 115 Å². The molecule has 1 aromatic carbocycles. The molecule has 3 heteroatoms. The third-order valence-electron chi connectivity index (χ3n) is 2.88. The van der Waals surface area contributed by atoms with Crippen LogP contribution in [0.1, 0.15) is 32.3 Å². The van der Waals surface area contributed by atoms with Crippen molar-refractivity contribution in [3.63, 3.8) is 0 Å². The summed E-state index contributed by atoms with van der Waals surface area (Å²) in [5.41, 5.74) is 7.89. The maximum atomic E-state index is 6.31. The van der Waals surface area contributed by atoms with E-state index in [1.807, 2.05) is 18.2 Å². The molecule has 0 saturated carbocycles. The van der Waals surface area contributed by atoms with Crippen LogP contribution in [0.25, 0.3) is 5.57 Å². The minimum Gasteiger partial charge on any atom is -0.497 e. The Morgan fingerprint density at radius 2 is 2.17 bits per heavy atom. The number of methoxy groups -OCH3 is 1. The number of hydrogen-bond acceptors (Lipinski definition) is 2. The van der Waals surface area contributed by atoms with Gasteiger partial charge in [0.2, 0.25) is 0 Å². The molecule has 0 aliphatic heterocycles. The molecule has 0 aliphatic rings. The molecule has 0 unspecified atom stereocenters. The van der Waals surface area contributed by atoms with Gasteiger partial charge in [-0.15, -0.1) is 0 Å². The normalized spacial score (nSPS) is 12.0. The summed E-state index contributed by atoms with van der Waals surface area (Å²) in [5.74, 6) is 1.22. The molecule has 1 rings (SSSR count). The molecule has 2 nitrogen and oxygen atoms in total. The molecule has 0 bridgehead atoms. The van der Waals surface area contributed by atoms with E-state index in [1.165, 1.54) is 5.57 Å². The van der Waals surface area contributed by atoms with E-state index in [4.69, 9.17) is 22.1 Å². The molecule has 0 atom stereocenters. The second kappa shape index (κ2) is 7.45. The highest BCUT2D eigenvalue weighted by Gasteiger charge is 2.10. The van der Waals surface area contributed by atoms with E-state index in [-0.39, 0.29) is 0 Å². The largest absolute Gasteiger partial charge is 0.497 e. The second-order valence-electron chi connectivity index (χ2n) is 4.59. The van der Waals surface area contributed by atoms with Crippen molar-refractivity contribution in [2.24, 2.45) is 11.7 Å². The Kier molecular flexibility index (Phi) is 6.23. The summed E-state index contributed by atoms with van der Waals surface area (Å²) >= 11 is 6.31. The molecule has 2 N–H and O–H groups in total. The zero-order valence-electron chi connectivity index (χ0n) is 11.4. The quantitative estimate of drug-likeness (QED) is 0.787. The first-order valence-corrected chi connectivity index (χ1v) is 6.72. The molecule has 0 aromatic heterocycles. The molecule has 0 aliphatic carbocycles. The summed E-state index contributed by atoms with van der Waals surface area (Å²) < 4.78 is 5.17. The number of nitrogens with two attached hydrogens (primary N) is 1. The van der Waals surface area contributed by atoms with Crippen molar-refractivity contribution in [2.45, 2.75) is 26.7 Å². The summed E-state index contributed by atoms with van der Waals surface area (Å²) in [5, 5.41) is 0.738. The molecular weight excluding hydrogens is 246 g/mol. The number of rotatable bonds is 6. The van der Waals surface area contributed by atoms with Crippen molar-refractivity contribution in [2.75, 3.05) is 13.7 Å². The lowest BCUT2D eigenvalue weighted by molar-refractivity contribution is 0.415. The van der Waals surface area contributed by atoms with Crippen LogP contribution in [-0.4, -0.2) is 13.7 Å². The number of ether oxygens (including phenoxy) is 1. The average molecular weight is 268 g/mol. The third kappa shape index (κ3) is 4.04. The van der Waals surface area contributed by atoms with Crippen LogP contribution in [0.4, 0.5) is 0 Å². The zero-order chi connectivity index (χ0) is 13.5. The molecule has 0 spiro atoms. The molecule has 0 heterocycles. The third-order valence-corrected chi connectivity index (χ3v) is 3.19. The van der Waals surface area contributed by atoms with E-state index in [0.29, 0.717) is 5.92 Å². The number of unbranched alkanes of at least 4 members (excludes halogenated alkanes) is 1. The van der Waals surface area contributed by atoms with Crippen LogP contribution in [-0.2, 0) is 0 Å². The van der Waals surface area contributed by atoms with Gasteiger partial charge in [-0.05, 0) is 54.6 Å². The van der Waals surface area contributed by atoms with Crippen LogP contribution in [0.15, 0.2) is 24.3 Å². The lowest BCUT2D eigenvalue weighted by Gasteiger charge is -2.14. The molecule has 0 amide bonds. The van der Waals surface area contributed by atoms with Crippen LogP contribution in [0.5, 0.6) is 5.75 Å². The molecule has 18 heavy (non-hydrogen) atoms. The Balaban J connectivity index is 3.02. The summed E-state index contributed by atoms with van der Waals surface area (Å²) in [6.45, 7) is 5.07. The van der Waals surface area contributed by atoms with Gasteiger partial charge in [-0.3, -0.25) is 0 Å². The van der Waals surface area contributed by atoms with Crippen molar-refractivity contribution in [3.05, 3.63) is 34.9 Å². The van der Waals surface area contributed by atoms with Gasteiger partial charge < -0.3 is 10.5 Å². The van der Waals surface area contributed by atoms with Crippen LogP contribution < -0.4 is 10.5 Å². The number of benzene rings is 1. The van der Waals surface area contributed by atoms with Crippen LogP contribution in [0.3, 0.4) is 0 Å². The maximum Gasteiger partial charge on any atom is 0.120 e. The fourth-order valence-corrected chi connectivity index (χ4v) is 2.17. The second-order valence-corrected chi connectivity index (χ2v) is 5.00. The van der Waals surface area contributed by atoms with E-state index < -0.39 is 0 Å². The fraction of sp³-hybridized carbons (Fsp3) is 0.467. The van der Waals surface area contributed by atoms with E-state index in [9.17, 15) is 0 Å². The first kappa shape index (κ1) is 15.1. The lowest BCUT2D eigenvalue weighted by Crippen LogP contribution is -1.99. The topological polar surface area (TPSA) is 35.2 Å². The highest BCUT2D eigenvalue weighted by Crippen LogP contribution is 2.32. The van der Waals surface area contributed by atoms with E-state index in [0.717, 1.165) is 35.7 Å². The fourth-order valence-electron chi connectivity index (χ4n) is 1.89. The van der Waals surface area contributed by atoms with Crippen molar-refractivity contribution >= 4 is 17.2 Å². The maximum absolute atomic E-state index is 6.31. The highest BCUT2D eigenvalue weighted by atomic mass is 35.5. The Bertz CT molecular complexity index is 413. The summed E-state index contributed by atoms with van der Waals surface area (Å²) in [6, 6.07) is 5.83. The smallest absolute Gasteiger partial charge is 0.120 e. The summed E-state index contributed by atoms with van der Waals surface area (Å²) in [7, 11) is 1.64. The lowest BCUT2D eigenvalue weighted by atomic mass is 9.94. The molecular formula is C15H22ClNO. The minimum absolute atomic E-state index is 0.439. The average Bonchev–Trinajstić information content (AvgIpc) is 2.35. The minimum atomic E-state index is 0.439. The van der Waals surface area contributed by atoms with Crippen molar-refractivity contribution < 1.29 is 4.74 Å². The van der Waals surface area contributed by atoms with E-state index in [1.54, 1.807) is 7.11 Å². The van der Waals surface area contributed by atoms with Gasteiger partial charge in [-0.25, -0.2) is 0 Å². The van der Waals surface area contributed by atoms with Gasteiger partial charge in [0.05, 0.1) is 12.1 Å². The summed E-state index contributed by atoms with van der Waals surface area (Å²) in [6.07, 6.45) is 4.24. The molecule has 0 radical (unpaired) electrons.